The molecule has 4 aromatic rings. The number of hydrogen-bond donors (Lipinski definition) is 5. The van der Waals surface area contributed by atoms with Crippen molar-refractivity contribution in [3.8, 4) is 0 Å². The van der Waals surface area contributed by atoms with Gasteiger partial charge in [0.15, 0.2) is 17.4 Å². The molecule has 0 aliphatic carbocycles. The molecule has 2 bridgehead atoms. The van der Waals surface area contributed by atoms with Crippen molar-refractivity contribution in [1.82, 2.24) is 24.1 Å². The Balaban J connectivity index is 1.19. The fraction of sp³-hybridized carbons (Fsp3) is 0.435. The second-order valence-corrected chi connectivity index (χ2v) is 14.4. The van der Waals surface area contributed by atoms with Gasteiger partial charge in [0, 0.05) is 12.6 Å². The van der Waals surface area contributed by atoms with Gasteiger partial charge in [-0.2, -0.15) is 4.98 Å². The summed E-state index contributed by atoms with van der Waals surface area (Å²) in [6.45, 7) is -5.12. The van der Waals surface area contributed by atoms with Crippen molar-refractivity contribution in [2.75, 3.05) is 18.9 Å². The molecule has 6 heterocycles. The van der Waals surface area contributed by atoms with E-state index >= 15 is 0 Å². The summed E-state index contributed by atoms with van der Waals surface area (Å²) in [7, 11) is -4.75. The standard InChI is InChI=1S/C23H26N6O11P2S/c24-23-26-20-17(21(31)27-23)25-10-29(20)22-19-18(30)15(38-22)9-35-41(32,33)39-13-7-16(37-14(13)8-36-42(34,43)40-19)28-6-5-11-3-1-2-4-12(11)28/h1-6,10,13-16,18-19,22,30H,7-9H2,(H,32,33)(H,34,43)(H3,24,26,27,31)/t13?,14-,15-,16?,18?,19?,22-,42?/m1/s1. The van der Waals surface area contributed by atoms with Crippen LogP contribution in [0.25, 0.3) is 22.1 Å². The maximum absolute atomic E-state index is 13.1. The number of benzene rings is 1. The highest BCUT2D eigenvalue weighted by Gasteiger charge is 2.51. The van der Waals surface area contributed by atoms with Crippen LogP contribution in [-0.4, -0.2) is 82.7 Å². The number of phosphoric acid groups is 1. The molecule has 230 valence electrons. The van der Waals surface area contributed by atoms with E-state index in [1.165, 1.54) is 10.9 Å². The average molecular weight is 657 g/mol. The zero-order valence-corrected chi connectivity index (χ0v) is 24.6. The van der Waals surface area contributed by atoms with E-state index in [9.17, 15) is 24.3 Å². The van der Waals surface area contributed by atoms with Gasteiger partial charge in [-0.1, -0.05) is 18.2 Å². The first-order chi connectivity index (χ1) is 20.5. The van der Waals surface area contributed by atoms with E-state index in [2.05, 4.69) is 15.0 Å². The van der Waals surface area contributed by atoms with Gasteiger partial charge in [-0.3, -0.25) is 27.9 Å². The number of fused-ring (bicyclic) bond motifs is 5. The van der Waals surface area contributed by atoms with Crippen molar-refractivity contribution < 1.29 is 47.0 Å². The van der Waals surface area contributed by atoms with Crippen LogP contribution in [0.15, 0.2) is 47.7 Å². The highest BCUT2D eigenvalue weighted by molar-refractivity contribution is 8.07. The lowest BCUT2D eigenvalue weighted by molar-refractivity contribution is -0.0634. The molecule has 3 aromatic heterocycles. The molecule has 43 heavy (non-hydrogen) atoms. The number of nitrogens with two attached hydrogens (primary N) is 1. The zero-order valence-electron chi connectivity index (χ0n) is 22.0. The van der Waals surface area contributed by atoms with E-state index in [-0.39, 0.29) is 30.1 Å². The quantitative estimate of drug-likeness (QED) is 0.190. The lowest BCUT2D eigenvalue weighted by Crippen LogP contribution is -2.35. The van der Waals surface area contributed by atoms with E-state index in [0.717, 1.165) is 10.9 Å². The SMILES string of the molecule is Nc1nc2c(ncn2[C@@H]2O[C@@H]3COP(=O)(O)OC4CC(n5ccc6ccccc65)O[C@@H]4COP(O)(=S)OC2C3O)c(=O)[nH]1. The predicted molar refractivity (Wildman–Crippen MR) is 151 cm³/mol. The average Bonchev–Trinajstić information content (AvgIpc) is 3.71. The Bertz CT molecular complexity index is 1850. The molecule has 20 heteroatoms. The van der Waals surface area contributed by atoms with Crippen molar-refractivity contribution in [3.05, 3.63) is 53.2 Å². The molecule has 6 unspecified atom stereocenters. The number of aliphatic hydroxyl groups is 1. The van der Waals surface area contributed by atoms with Gasteiger partial charge in [-0.15, -0.1) is 0 Å². The van der Waals surface area contributed by atoms with Crippen molar-refractivity contribution in [1.29, 1.82) is 0 Å². The number of H-pyrrole nitrogens is 1. The molecule has 0 radical (unpaired) electrons. The summed E-state index contributed by atoms with van der Waals surface area (Å²) in [6.07, 6.45) is -4.92. The fourth-order valence-corrected chi connectivity index (χ4v) is 7.91. The molecular weight excluding hydrogens is 630 g/mol. The maximum atomic E-state index is 13.1. The fourth-order valence-electron chi connectivity index (χ4n) is 5.53. The molecule has 3 aliphatic heterocycles. The van der Waals surface area contributed by atoms with Crippen LogP contribution in [0.2, 0.25) is 0 Å². The number of anilines is 1. The minimum Gasteiger partial charge on any atom is -0.387 e. The second kappa shape index (κ2) is 10.8. The first kappa shape index (κ1) is 29.2. The Morgan fingerprint density at radius 3 is 2.67 bits per heavy atom. The Morgan fingerprint density at radius 2 is 1.84 bits per heavy atom. The number of nitrogens with zero attached hydrogens (tertiary/aromatic N) is 4. The van der Waals surface area contributed by atoms with Crippen LogP contribution in [0.5, 0.6) is 0 Å². The molecule has 3 saturated heterocycles. The highest BCUT2D eigenvalue weighted by atomic mass is 32.5. The minimum absolute atomic E-state index is 0.0103. The molecule has 0 saturated carbocycles. The number of ether oxygens (including phenoxy) is 2. The van der Waals surface area contributed by atoms with Gasteiger partial charge in [-0.05, 0) is 29.3 Å². The number of nitrogen functional groups attached to an aromatic ring is 1. The number of rotatable bonds is 2. The third-order valence-electron chi connectivity index (χ3n) is 7.49. The van der Waals surface area contributed by atoms with Gasteiger partial charge in [0.1, 0.15) is 36.7 Å². The summed E-state index contributed by atoms with van der Waals surface area (Å²) in [5.74, 6) is -0.205. The summed E-state index contributed by atoms with van der Waals surface area (Å²) in [4.78, 5) is 44.4. The molecule has 7 rings (SSSR count). The summed E-state index contributed by atoms with van der Waals surface area (Å²) in [5, 5.41) is 12.1. The van der Waals surface area contributed by atoms with Crippen molar-refractivity contribution in [2.24, 2.45) is 0 Å². The summed E-state index contributed by atoms with van der Waals surface area (Å²) in [6, 6.07) is 9.54. The zero-order chi connectivity index (χ0) is 30.1. The van der Waals surface area contributed by atoms with E-state index in [1.54, 1.807) is 0 Å². The highest BCUT2D eigenvalue weighted by Crippen LogP contribution is 2.53. The van der Waals surface area contributed by atoms with Crippen LogP contribution in [0.4, 0.5) is 5.95 Å². The van der Waals surface area contributed by atoms with Gasteiger partial charge in [0.25, 0.3) is 5.56 Å². The van der Waals surface area contributed by atoms with Crippen molar-refractivity contribution >= 4 is 54.4 Å². The van der Waals surface area contributed by atoms with Gasteiger partial charge in [-0.25, -0.2) is 9.55 Å². The van der Waals surface area contributed by atoms with Gasteiger partial charge >= 0.3 is 14.5 Å². The van der Waals surface area contributed by atoms with E-state index < -0.39 is 69.7 Å². The lowest BCUT2D eigenvalue weighted by Gasteiger charge is -2.27. The number of aromatic amines is 1. The Kier molecular flexibility index (Phi) is 7.32. The molecular formula is C23H26N6O11P2S. The minimum atomic E-state index is -4.75. The number of para-hydroxylation sites is 1. The number of aliphatic hydroxyl groups excluding tert-OH is 1. The molecule has 3 fully saturated rings. The lowest BCUT2D eigenvalue weighted by atomic mass is 10.1. The number of phosphoric ester groups is 1. The van der Waals surface area contributed by atoms with E-state index in [0.29, 0.717) is 0 Å². The first-order valence-corrected chi connectivity index (χ1v) is 17.1. The van der Waals surface area contributed by atoms with Gasteiger partial charge in [0.05, 0.1) is 25.1 Å². The largest absolute Gasteiger partial charge is 0.472 e. The Hall–Kier alpha value is -2.57. The van der Waals surface area contributed by atoms with Crippen LogP contribution >= 0.6 is 14.5 Å². The van der Waals surface area contributed by atoms with Crippen LogP contribution in [0.1, 0.15) is 18.9 Å². The van der Waals surface area contributed by atoms with E-state index in [1.807, 2.05) is 41.1 Å². The topological polar surface area (TPSA) is 228 Å². The number of aromatic nitrogens is 5. The molecule has 0 amide bonds. The normalized spacial score (nSPS) is 37.1. The smallest absolute Gasteiger partial charge is 0.387 e. The molecule has 6 N–H and O–H groups in total. The summed E-state index contributed by atoms with van der Waals surface area (Å²) >= 11 is 5.27. The molecule has 17 nitrogen and oxygen atoms in total. The number of hydrogen-bond acceptors (Lipinski definition) is 13. The summed E-state index contributed by atoms with van der Waals surface area (Å²) < 4.78 is 50.4. The molecule has 9 atom stereocenters. The van der Waals surface area contributed by atoms with Crippen LogP contribution in [0.3, 0.4) is 0 Å². The monoisotopic (exact) mass is 656 g/mol. The van der Waals surface area contributed by atoms with Gasteiger partial charge in [0.2, 0.25) is 5.95 Å². The summed E-state index contributed by atoms with van der Waals surface area (Å²) in [5.41, 5.74) is 5.87. The van der Waals surface area contributed by atoms with Crippen molar-refractivity contribution in [3.63, 3.8) is 0 Å². The number of nitrogens with one attached hydrogen (secondary N) is 1. The molecule has 3 aliphatic rings. The van der Waals surface area contributed by atoms with Crippen molar-refractivity contribution in [2.45, 2.75) is 49.4 Å². The van der Waals surface area contributed by atoms with Crippen LogP contribution < -0.4 is 11.3 Å². The Morgan fingerprint density at radius 1 is 1.05 bits per heavy atom. The predicted octanol–water partition coefficient (Wildman–Crippen LogP) is 1.04. The second-order valence-electron chi connectivity index (χ2n) is 10.2. The van der Waals surface area contributed by atoms with E-state index in [4.69, 9.17) is 45.1 Å². The van der Waals surface area contributed by atoms with Gasteiger partial charge < -0.3 is 39.2 Å². The Labute approximate surface area is 246 Å². The first-order valence-electron chi connectivity index (χ1n) is 13.1. The third kappa shape index (κ3) is 5.48. The number of imidazole rings is 1. The molecule has 0 spiro atoms. The maximum Gasteiger partial charge on any atom is 0.472 e. The third-order valence-corrected chi connectivity index (χ3v) is 10.1. The molecule has 1 aromatic carbocycles. The van der Waals surface area contributed by atoms with Crippen LogP contribution in [0, 0.1) is 0 Å². The van der Waals surface area contributed by atoms with Crippen LogP contribution in [-0.2, 0) is 43.9 Å².